The van der Waals surface area contributed by atoms with Gasteiger partial charge in [0.05, 0.1) is 6.61 Å². The topological polar surface area (TPSA) is 44.8 Å². The summed E-state index contributed by atoms with van der Waals surface area (Å²) in [6, 6.07) is 6.74. The van der Waals surface area contributed by atoms with Crippen molar-refractivity contribution < 1.29 is 23.4 Å². The molecule has 0 saturated carbocycles. The molecule has 0 aliphatic carbocycles. The molecule has 0 aliphatic rings. The van der Waals surface area contributed by atoms with Crippen LogP contribution in [0.3, 0.4) is 0 Å². The predicted molar refractivity (Wildman–Crippen MR) is 96.3 cm³/mol. The first-order valence-corrected chi connectivity index (χ1v) is 8.26. The van der Waals surface area contributed by atoms with Crippen molar-refractivity contribution in [2.75, 3.05) is 6.61 Å². The van der Waals surface area contributed by atoms with E-state index in [1.54, 1.807) is 26.0 Å². The van der Waals surface area contributed by atoms with E-state index >= 15 is 0 Å². The summed E-state index contributed by atoms with van der Waals surface area (Å²) in [5.41, 5.74) is 1.41. The summed E-state index contributed by atoms with van der Waals surface area (Å²) in [6.45, 7) is 11.3. The minimum Gasteiger partial charge on any atom is -0.455 e. The second kappa shape index (κ2) is 8.01. The standard InChI is InChI=1S/C20H23FO4/c1-6-16-18(21)9-8-14-10-15(11-17(12(3)4)19(14)16)24-13(5)25-20(22)23-7-2/h6,8-13H,1,7H2,2-5H3/t13-/m0/s1. The highest BCUT2D eigenvalue weighted by atomic mass is 19.1. The molecule has 0 N–H and O–H groups in total. The minimum absolute atomic E-state index is 0.146. The van der Waals surface area contributed by atoms with E-state index in [0.717, 1.165) is 16.3 Å². The fourth-order valence-corrected chi connectivity index (χ4v) is 2.70. The summed E-state index contributed by atoms with van der Waals surface area (Å²) in [4.78, 5) is 11.4. The van der Waals surface area contributed by atoms with Crippen molar-refractivity contribution in [3.8, 4) is 5.75 Å². The summed E-state index contributed by atoms with van der Waals surface area (Å²) in [5, 5.41) is 1.65. The number of ether oxygens (including phenoxy) is 3. The molecule has 2 aromatic rings. The average Bonchev–Trinajstić information content (AvgIpc) is 2.54. The summed E-state index contributed by atoms with van der Waals surface area (Å²) < 4.78 is 29.6. The summed E-state index contributed by atoms with van der Waals surface area (Å²) in [7, 11) is 0. The molecule has 4 nitrogen and oxygen atoms in total. The molecule has 1 atom stereocenters. The highest BCUT2D eigenvalue weighted by Gasteiger charge is 2.16. The van der Waals surface area contributed by atoms with Crippen LogP contribution in [0.15, 0.2) is 30.8 Å². The van der Waals surface area contributed by atoms with Crippen molar-refractivity contribution in [2.45, 2.75) is 39.9 Å². The highest BCUT2D eigenvalue weighted by molar-refractivity contribution is 5.94. The van der Waals surface area contributed by atoms with Crippen molar-refractivity contribution in [3.05, 3.63) is 47.8 Å². The van der Waals surface area contributed by atoms with Crippen LogP contribution in [-0.2, 0) is 9.47 Å². The summed E-state index contributed by atoms with van der Waals surface area (Å²) >= 11 is 0. The Kier molecular flexibility index (Phi) is 6.02. The minimum atomic E-state index is -0.809. The second-order valence-corrected chi connectivity index (χ2v) is 5.92. The third-order valence-electron chi connectivity index (χ3n) is 3.76. The van der Waals surface area contributed by atoms with Crippen LogP contribution in [-0.4, -0.2) is 19.1 Å². The average molecular weight is 346 g/mol. The lowest BCUT2D eigenvalue weighted by Gasteiger charge is -2.19. The lowest BCUT2D eigenvalue weighted by molar-refractivity contribution is -0.0518. The van der Waals surface area contributed by atoms with Crippen molar-refractivity contribution >= 4 is 23.0 Å². The van der Waals surface area contributed by atoms with Crippen molar-refractivity contribution in [1.29, 1.82) is 0 Å². The Labute approximate surface area is 147 Å². The van der Waals surface area contributed by atoms with Crippen molar-refractivity contribution in [1.82, 2.24) is 0 Å². The number of halogens is 1. The van der Waals surface area contributed by atoms with Crippen LogP contribution in [0.4, 0.5) is 9.18 Å². The molecule has 0 unspecified atom stereocenters. The van der Waals surface area contributed by atoms with Crippen LogP contribution in [0.5, 0.6) is 5.75 Å². The van der Waals surface area contributed by atoms with Crippen molar-refractivity contribution in [2.24, 2.45) is 0 Å². The van der Waals surface area contributed by atoms with Gasteiger partial charge in [0, 0.05) is 12.5 Å². The maximum Gasteiger partial charge on any atom is 0.511 e. The fourth-order valence-electron chi connectivity index (χ4n) is 2.70. The number of hydrogen-bond acceptors (Lipinski definition) is 4. The van der Waals surface area contributed by atoms with E-state index < -0.39 is 12.4 Å². The molecule has 0 aromatic heterocycles. The van der Waals surface area contributed by atoms with Crippen LogP contribution in [0.1, 0.15) is 44.7 Å². The number of rotatable bonds is 6. The Morgan fingerprint density at radius 1 is 1.28 bits per heavy atom. The van der Waals surface area contributed by atoms with Crippen LogP contribution >= 0.6 is 0 Å². The smallest absolute Gasteiger partial charge is 0.455 e. The second-order valence-electron chi connectivity index (χ2n) is 5.92. The summed E-state index contributed by atoms with van der Waals surface area (Å²) in [6.07, 6.45) is -0.0666. The van der Waals surface area contributed by atoms with Crippen LogP contribution in [0, 0.1) is 5.82 Å². The SMILES string of the molecule is C=Cc1c(F)ccc2cc(O[C@H](C)OC(=O)OCC)cc(C(C)C)c12. The molecule has 134 valence electrons. The first kappa shape index (κ1) is 18.8. The van der Waals surface area contributed by atoms with E-state index in [0.29, 0.717) is 11.3 Å². The molecule has 25 heavy (non-hydrogen) atoms. The van der Waals surface area contributed by atoms with Crippen LogP contribution in [0.2, 0.25) is 0 Å². The quantitative estimate of drug-likeness (QED) is 0.501. The van der Waals surface area contributed by atoms with Gasteiger partial charge >= 0.3 is 6.16 Å². The fraction of sp³-hybridized carbons (Fsp3) is 0.350. The molecule has 0 saturated heterocycles. The number of hydrogen-bond donors (Lipinski definition) is 0. The van der Waals surface area contributed by atoms with E-state index in [2.05, 4.69) is 6.58 Å². The van der Waals surface area contributed by atoms with Crippen LogP contribution in [0.25, 0.3) is 16.8 Å². The molecule has 0 heterocycles. The zero-order valence-electron chi connectivity index (χ0n) is 15.0. The summed E-state index contributed by atoms with van der Waals surface area (Å²) in [5.74, 6) is 0.375. The largest absolute Gasteiger partial charge is 0.511 e. The molecule has 0 amide bonds. The monoisotopic (exact) mass is 346 g/mol. The predicted octanol–water partition coefficient (Wildman–Crippen LogP) is 5.64. The Bertz CT molecular complexity index is 783. The van der Waals surface area contributed by atoms with Gasteiger partial charge in [0.25, 0.3) is 0 Å². The van der Waals surface area contributed by atoms with E-state index in [-0.39, 0.29) is 18.3 Å². The van der Waals surface area contributed by atoms with E-state index in [1.165, 1.54) is 12.1 Å². The van der Waals surface area contributed by atoms with Gasteiger partial charge in [-0.15, -0.1) is 0 Å². The van der Waals surface area contributed by atoms with Gasteiger partial charge in [-0.3, -0.25) is 0 Å². The molecule has 0 bridgehead atoms. The van der Waals surface area contributed by atoms with Crippen LogP contribution < -0.4 is 4.74 Å². The Balaban J connectivity index is 2.41. The maximum absolute atomic E-state index is 14.1. The molecule has 2 rings (SSSR count). The van der Waals surface area contributed by atoms with Gasteiger partial charge in [-0.1, -0.05) is 32.6 Å². The molecule has 0 radical (unpaired) electrons. The Morgan fingerprint density at radius 2 is 2.00 bits per heavy atom. The van der Waals surface area contributed by atoms with E-state index in [9.17, 15) is 9.18 Å². The first-order chi connectivity index (χ1) is 11.9. The Morgan fingerprint density at radius 3 is 2.60 bits per heavy atom. The van der Waals surface area contributed by atoms with Gasteiger partial charge in [-0.05, 0) is 47.4 Å². The van der Waals surface area contributed by atoms with Gasteiger partial charge < -0.3 is 14.2 Å². The van der Waals surface area contributed by atoms with E-state index in [4.69, 9.17) is 14.2 Å². The zero-order chi connectivity index (χ0) is 18.6. The third kappa shape index (κ3) is 4.29. The zero-order valence-corrected chi connectivity index (χ0v) is 15.0. The number of benzene rings is 2. The van der Waals surface area contributed by atoms with Gasteiger partial charge in [0.1, 0.15) is 11.6 Å². The molecular formula is C20H23FO4. The van der Waals surface area contributed by atoms with E-state index in [1.807, 2.05) is 19.9 Å². The number of carbonyl (C=O) groups is 1. The molecule has 5 heteroatoms. The molecule has 0 aliphatic heterocycles. The van der Waals surface area contributed by atoms with Gasteiger partial charge in [-0.2, -0.15) is 0 Å². The molecule has 2 aromatic carbocycles. The third-order valence-corrected chi connectivity index (χ3v) is 3.76. The van der Waals surface area contributed by atoms with Crippen molar-refractivity contribution in [3.63, 3.8) is 0 Å². The molecular weight excluding hydrogens is 323 g/mol. The Hall–Kier alpha value is -2.56. The van der Waals surface area contributed by atoms with Gasteiger partial charge in [0.15, 0.2) is 0 Å². The van der Waals surface area contributed by atoms with Gasteiger partial charge in [-0.25, -0.2) is 9.18 Å². The number of fused-ring (bicyclic) bond motifs is 1. The van der Waals surface area contributed by atoms with Gasteiger partial charge in [0.2, 0.25) is 6.29 Å². The molecule has 0 spiro atoms. The molecule has 0 fully saturated rings. The normalized spacial score (nSPS) is 12.1. The highest BCUT2D eigenvalue weighted by Crippen LogP contribution is 2.34. The lowest BCUT2D eigenvalue weighted by atomic mass is 9.92. The lowest BCUT2D eigenvalue weighted by Crippen LogP contribution is -2.21. The number of carbonyl (C=O) groups excluding carboxylic acids is 1. The maximum atomic E-state index is 14.1. The first-order valence-electron chi connectivity index (χ1n) is 8.26.